The van der Waals surface area contributed by atoms with Crippen LogP contribution < -0.4 is 10.6 Å². The van der Waals surface area contributed by atoms with Crippen LogP contribution in [-0.2, 0) is 16.3 Å². The van der Waals surface area contributed by atoms with Gasteiger partial charge in [0.05, 0.1) is 10.6 Å². The highest BCUT2D eigenvalue weighted by Crippen LogP contribution is 2.13. The molecule has 140 valence electrons. The Morgan fingerprint density at radius 1 is 0.923 bits per heavy atom. The summed E-state index contributed by atoms with van der Waals surface area (Å²) in [6.07, 6.45) is 2.10. The molecule has 0 bridgehead atoms. The zero-order chi connectivity index (χ0) is 18.8. The number of amides is 2. The third kappa shape index (κ3) is 7.17. The van der Waals surface area contributed by atoms with Crippen LogP contribution in [0.25, 0.3) is 0 Å². The minimum atomic E-state index is -3.29. The Hall–Kier alpha value is -1.86. The number of nitrogens with one attached hydrogen (secondary N) is 2. The smallest absolute Gasteiger partial charge is 0.314 e. The third-order valence-corrected chi connectivity index (χ3v) is 6.10. The van der Waals surface area contributed by atoms with Gasteiger partial charge in [-0.3, -0.25) is 0 Å². The number of benzene rings is 2. The fourth-order valence-corrected chi connectivity index (χ4v) is 4.24. The number of carbonyl (C=O) groups is 1. The minimum absolute atomic E-state index is 0.0141. The van der Waals surface area contributed by atoms with Gasteiger partial charge in [0.25, 0.3) is 0 Å². The summed E-state index contributed by atoms with van der Waals surface area (Å²) in [5.41, 5.74) is 1.22. The predicted octanol–water partition coefficient (Wildman–Crippen LogP) is 3.54. The predicted molar refractivity (Wildman–Crippen MR) is 107 cm³/mol. The maximum Gasteiger partial charge on any atom is 0.314 e. The fourth-order valence-electron chi connectivity index (χ4n) is 2.46. The molecule has 2 aromatic rings. The summed E-state index contributed by atoms with van der Waals surface area (Å²) >= 11 is 3.44. The van der Waals surface area contributed by atoms with Gasteiger partial charge >= 0.3 is 6.03 Å². The number of hydrogen-bond donors (Lipinski definition) is 2. The quantitative estimate of drug-likeness (QED) is 0.587. The molecule has 0 aliphatic rings. The van der Waals surface area contributed by atoms with E-state index in [9.17, 15) is 13.2 Å². The van der Waals surface area contributed by atoms with E-state index in [4.69, 9.17) is 0 Å². The summed E-state index contributed by atoms with van der Waals surface area (Å²) in [5.74, 6) is 0.0141. The lowest BCUT2D eigenvalue weighted by Crippen LogP contribution is -2.37. The highest BCUT2D eigenvalue weighted by Gasteiger charge is 2.13. The first-order valence-corrected chi connectivity index (χ1v) is 11.0. The number of rotatable bonds is 9. The number of halogens is 1. The van der Waals surface area contributed by atoms with Crippen LogP contribution in [0.2, 0.25) is 0 Å². The van der Waals surface area contributed by atoms with Crippen LogP contribution in [0.4, 0.5) is 4.79 Å². The van der Waals surface area contributed by atoms with Crippen LogP contribution in [0, 0.1) is 0 Å². The molecule has 2 aromatic carbocycles. The normalized spacial score (nSPS) is 11.1. The monoisotopic (exact) mass is 438 g/mol. The van der Waals surface area contributed by atoms with E-state index < -0.39 is 9.84 Å². The molecule has 0 heterocycles. The summed E-state index contributed by atoms with van der Waals surface area (Å²) in [6, 6.07) is 16.2. The molecule has 0 atom stereocenters. The second kappa shape index (κ2) is 10.3. The third-order valence-electron chi connectivity index (χ3n) is 3.79. The van der Waals surface area contributed by atoms with E-state index >= 15 is 0 Å². The van der Waals surface area contributed by atoms with Crippen molar-refractivity contribution in [1.29, 1.82) is 0 Å². The Balaban J connectivity index is 1.59. The molecule has 0 aliphatic carbocycles. The average molecular weight is 439 g/mol. The van der Waals surface area contributed by atoms with Crippen molar-refractivity contribution in [3.63, 3.8) is 0 Å². The molecule has 0 saturated carbocycles. The first-order valence-electron chi connectivity index (χ1n) is 8.51. The molecule has 0 aliphatic heterocycles. The SMILES string of the molecule is O=C(NCCCc1cccc(Br)c1)NCCCS(=O)(=O)c1ccccc1. The van der Waals surface area contributed by atoms with Gasteiger partial charge in [-0.15, -0.1) is 0 Å². The highest BCUT2D eigenvalue weighted by atomic mass is 79.9. The zero-order valence-electron chi connectivity index (χ0n) is 14.4. The summed E-state index contributed by atoms with van der Waals surface area (Å²) in [5, 5.41) is 5.48. The van der Waals surface area contributed by atoms with Crippen molar-refractivity contribution >= 4 is 31.8 Å². The van der Waals surface area contributed by atoms with E-state index in [1.165, 1.54) is 5.56 Å². The maximum absolute atomic E-state index is 12.1. The van der Waals surface area contributed by atoms with E-state index in [2.05, 4.69) is 38.7 Å². The lowest BCUT2D eigenvalue weighted by molar-refractivity contribution is 0.241. The first kappa shape index (κ1) is 20.5. The van der Waals surface area contributed by atoms with Gasteiger partial charge in [-0.2, -0.15) is 0 Å². The molecule has 2 amide bonds. The lowest BCUT2D eigenvalue weighted by atomic mass is 10.1. The Morgan fingerprint density at radius 3 is 2.31 bits per heavy atom. The Kier molecular flexibility index (Phi) is 8.12. The number of carbonyl (C=O) groups excluding carboxylic acids is 1. The van der Waals surface area contributed by atoms with E-state index in [0.29, 0.717) is 24.4 Å². The topological polar surface area (TPSA) is 75.3 Å². The molecule has 2 N–H and O–H groups in total. The molecular weight excluding hydrogens is 416 g/mol. The number of hydrogen-bond acceptors (Lipinski definition) is 3. The highest BCUT2D eigenvalue weighted by molar-refractivity contribution is 9.10. The molecule has 0 saturated heterocycles. The van der Waals surface area contributed by atoms with Crippen molar-refractivity contribution in [3.05, 3.63) is 64.6 Å². The molecule has 26 heavy (non-hydrogen) atoms. The van der Waals surface area contributed by atoms with Gasteiger partial charge in [0.15, 0.2) is 9.84 Å². The molecule has 0 radical (unpaired) electrons. The molecule has 0 fully saturated rings. The number of urea groups is 1. The van der Waals surface area contributed by atoms with Crippen molar-refractivity contribution in [2.24, 2.45) is 0 Å². The van der Waals surface area contributed by atoms with Crippen LogP contribution in [0.1, 0.15) is 18.4 Å². The van der Waals surface area contributed by atoms with Gasteiger partial charge in [-0.1, -0.05) is 46.3 Å². The molecule has 0 unspecified atom stereocenters. The standard InChI is InChI=1S/C19H23BrN2O3S/c20-17-9-4-7-16(15-17)8-5-12-21-19(23)22-13-6-14-26(24,25)18-10-2-1-3-11-18/h1-4,7,9-11,15H,5-6,8,12-14H2,(H2,21,22,23). The van der Waals surface area contributed by atoms with Crippen LogP contribution in [0.15, 0.2) is 64.0 Å². The van der Waals surface area contributed by atoms with Crippen LogP contribution in [-0.4, -0.2) is 33.3 Å². The van der Waals surface area contributed by atoms with Gasteiger partial charge in [-0.25, -0.2) is 13.2 Å². The summed E-state index contributed by atoms with van der Waals surface area (Å²) in [6.45, 7) is 0.893. The molecule has 2 rings (SSSR count). The fraction of sp³-hybridized carbons (Fsp3) is 0.316. The van der Waals surface area contributed by atoms with Crippen LogP contribution >= 0.6 is 15.9 Å². The summed E-state index contributed by atoms with van der Waals surface area (Å²) in [4.78, 5) is 12.0. The van der Waals surface area contributed by atoms with Crippen molar-refractivity contribution in [3.8, 4) is 0 Å². The molecule has 0 aromatic heterocycles. The van der Waals surface area contributed by atoms with Gasteiger partial charge in [0.1, 0.15) is 0 Å². The van der Waals surface area contributed by atoms with Gasteiger partial charge < -0.3 is 10.6 Å². The van der Waals surface area contributed by atoms with E-state index in [0.717, 1.165) is 17.3 Å². The average Bonchev–Trinajstić information content (AvgIpc) is 2.63. The van der Waals surface area contributed by atoms with Crippen molar-refractivity contribution in [2.75, 3.05) is 18.8 Å². The molecule has 5 nitrogen and oxygen atoms in total. The largest absolute Gasteiger partial charge is 0.338 e. The van der Waals surface area contributed by atoms with E-state index in [1.54, 1.807) is 30.3 Å². The number of sulfone groups is 1. The van der Waals surface area contributed by atoms with Gasteiger partial charge in [0.2, 0.25) is 0 Å². The van der Waals surface area contributed by atoms with Crippen LogP contribution in [0.3, 0.4) is 0 Å². The minimum Gasteiger partial charge on any atom is -0.338 e. The summed E-state index contributed by atoms with van der Waals surface area (Å²) in [7, 11) is -3.29. The zero-order valence-corrected chi connectivity index (χ0v) is 16.9. The molecular formula is C19H23BrN2O3S. The lowest BCUT2D eigenvalue weighted by Gasteiger charge is -2.08. The Morgan fingerprint density at radius 2 is 1.62 bits per heavy atom. The van der Waals surface area contributed by atoms with Gasteiger partial charge in [-0.05, 0) is 49.1 Å². The second-order valence-corrected chi connectivity index (χ2v) is 8.93. The van der Waals surface area contributed by atoms with Crippen molar-refractivity contribution in [1.82, 2.24) is 10.6 Å². The maximum atomic E-state index is 12.1. The van der Waals surface area contributed by atoms with E-state index in [-0.39, 0.29) is 11.8 Å². The van der Waals surface area contributed by atoms with Crippen molar-refractivity contribution < 1.29 is 13.2 Å². The Labute approximate surface area is 163 Å². The first-order chi connectivity index (χ1) is 12.5. The Bertz CT molecular complexity index is 811. The molecule has 0 spiro atoms. The molecule has 7 heteroatoms. The second-order valence-electron chi connectivity index (χ2n) is 5.90. The van der Waals surface area contributed by atoms with Crippen molar-refractivity contribution in [2.45, 2.75) is 24.2 Å². The summed E-state index contributed by atoms with van der Waals surface area (Å²) < 4.78 is 25.3. The number of aryl methyl sites for hydroxylation is 1. The van der Waals surface area contributed by atoms with Gasteiger partial charge in [0, 0.05) is 17.6 Å². The van der Waals surface area contributed by atoms with Crippen LogP contribution in [0.5, 0.6) is 0 Å². The van der Waals surface area contributed by atoms with E-state index in [1.807, 2.05) is 12.1 Å².